The van der Waals surface area contributed by atoms with E-state index < -0.39 is 33.2 Å². The van der Waals surface area contributed by atoms with Crippen LogP contribution in [-0.4, -0.2) is 85.4 Å². The van der Waals surface area contributed by atoms with Crippen molar-refractivity contribution < 1.29 is 36.3 Å². The third-order valence-corrected chi connectivity index (χ3v) is 10.3. The summed E-state index contributed by atoms with van der Waals surface area (Å²) in [6.45, 7) is 5.49. The van der Waals surface area contributed by atoms with Gasteiger partial charge < -0.3 is 14.6 Å². The van der Waals surface area contributed by atoms with Crippen LogP contribution in [-0.2, 0) is 29.1 Å². The van der Waals surface area contributed by atoms with Crippen LogP contribution in [0, 0.1) is 17.6 Å². The summed E-state index contributed by atoms with van der Waals surface area (Å²) in [5, 5.41) is 0.927. The summed E-state index contributed by atoms with van der Waals surface area (Å²) in [4.78, 5) is 43.4. The first-order valence-electron chi connectivity index (χ1n) is 15.8. The summed E-state index contributed by atoms with van der Waals surface area (Å²) >= 11 is 0. The Morgan fingerprint density at radius 1 is 1.00 bits per heavy atom. The van der Waals surface area contributed by atoms with Crippen LogP contribution in [0.25, 0.3) is 17.0 Å². The number of ether oxygens (including phenoxy) is 1. The van der Waals surface area contributed by atoms with Gasteiger partial charge in [0.2, 0.25) is 15.9 Å². The number of fused-ring (bicyclic) bond motifs is 1. The number of halogens is 2. The molecule has 1 atom stereocenters. The minimum Gasteiger partial charge on any atom is -0.464 e. The molecule has 252 valence electrons. The van der Waals surface area contributed by atoms with Gasteiger partial charge in [-0.05, 0) is 105 Å². The van der Waals surface area contributed by atoms with E-state index in [9.17, 15) is 31.6 Å². The van der Waals surface area contributed by atoms with Crippen LogP contribution >= 0.6 is 0 Å². The van der Waals surface area contributed by atoms with Crippen LogP contribution in [0.15, 0.2) is 48.7 Å². The number of carbonyl (C=O) groups excluding carboxylic acids is 3. The van der Waals surface area contributed by atoms with Crippen LogP contribution in [0.1, 0.15) is 56.6 Å². The fourth-order valence-electron chi connectivity index (χ4n) is 6.76. The fraction of sp³-hybridized carbons (Fsp3) is 0.441. The number of H-pyrrole nitrogens is 1. The van der Waals surface area contributed by atoms with Gasteiger partial charge in [-0.25, -0.2) is 17.2 Å². The van der Waals surface area contributed by atoms with Crippen molar-refractivity contribution in [1.29, 1.82) is 0 Å². The molecule has 0 bridgehead atoms. The smallest absolute Gasteiger partial charge is 0.302 e. The Balaban J connectivity index is 1.21. The Bertz CT molecular complexity index is 1740. The first-order valence-corrected chi connectivity index (χ1v) is 17.4. The van der Waals surface area contributed by atoms with Crippen LogP contribution in [0.2, 0.25) is 0 Å². The van der Waals surface area contributed by atoms with Gasteiger partial charge in [0.25, 0.3) is 0 Å². The molecule has 13 heteroatoms. The van der Waals surface area contributed by atoms with Gasteiger partial charge in [-0.1, -0.05) is 0 Å². The van der Waals surface area contributed by atoms with Crippen LogP contribution < -0.4 is 4.72 Å². The number of nitrogens with zero attached hydrogens (tertiary/aromatic N) is 2. The van der Waals surface area contributed by atoms with Gasteiger partial charge in [-0.15, -0.1) is 0 Å². The Kier molecular flexibility index (Phi) is 10.8. The third kappa shape index (κ3) is 9.04. The zero-order valence-electron chi connectivity index (χ0n) is 26.5. The predicted molar refractivity (Wildman–Crippen MR) is 175 cm³/mol. The number of hydrogen-bond donors (Lipinski definition) is 2. The van der Waals surface area contributed by atoms with Crippen LogP contribution in [0.4, 0.5) is 14.5 Å². The molecule has 2 aromatic carbocycles. The number of hydrogen-bond acceptors (Lipinski definition) is 7. The number of aromatic amines is 1. The van der Waals surface area contributed by atoms with E-state index in [0.717, 1.165) is 61.3 Å². The molecular formula is C34H40F2N4O6S. The van der Waals surface area contributed by atoms with E-state index in [-0.39, 0.29) is 41.9 Å². The molecule has 0 spiro atoms. The zero-order valence-corrected chi connectivity index (χ0v) is 27.3. The molecule has 2 N–H and O–H groups in total. The summed E-state index contributed by atoms with van der Waals surface area (Å²) in [5.74, 6) is -2.56. The molecule has 1 amide bonds. The molecule has 0 saturated carbocycles. The van der Waals surface area contributed by atoms with E-state index in [1.54, 1.807) is 17.0 Å². The maximum Gasteiger partial charge on any atom is 0.302 e. The monoisotopic (exact) mass is 670 g/mol. The zero-order chi connectivity index (χ0) is 33.7. The van der Waals surface area contributed by atoms with E-state index in [0.29, 0.717) is 18.8 Å². The molecule has 3 aromatic rings. The van der Waals surface area contributed by atoms with Crippen molar-refractivity contribution in [2.24, 2.45) is 5.92 Å². The lowest BCUT2D eigenvalue weighted by Gasteiger charge is -2.43. The number of esters is 1. The maximum atomic E-state index is 13.5. The van der Waals surface area contributed by atoms with Crippen molar-refractivity contribution >= 4 is 50.3 Å². The molecule has 0 radical (unpaired) electrons. The third-order valence-electron chi connectivity index (χ3n) is 8.97. The Morgan fingerprint density at radius 3 is 2.32 bits per heavy atom. The molecule has 1 aromatic heterocycles. The lowest BCUT2D eigenvalue weighted by Crippen LogP contribution is -2.51. The Hall–Kier alpha value is -4.10. The second-order valence-corrected chi connectivity index (χ2v) is 14.2. The van der Waals surface area contributed by atoms with E-state index in [1.807, 2.05) is 12.3 Å². The van der Waals surface area contributed by atoms with Crippen molar-refractivity contribution in [1.82, 2.24) is 14.8 Å². The second kappa shape index (κ2) is 14.8. The minimum absolute atomic E-state index is 0.00633. The molecule has 5 rings (SSSR count). The molecule has 2 aliphatic rings. The highest BCUT2D eigenvalue weighted by Crippen LogP contribution is 2.36. The molecule has 1 unspecified atom stereocenters. The topological polar surface area (TPSA) is 129 Å². The second-order valence-electron chi connectivity index (χ2n) is 12.4. The van der Waals surface area contributed by atoms with E-state index in [2.05, 4.69) is 14.6 Å². The first-order chi connectivity index (χ1) is 22.4. The number of Topliss-reactive ketones (excluding diaryl/α,β-unsaturated/α-hetero) is 1. The number of likely N-dealkylation sites (tertiary alicyclic amines) is 2. The van der Waals surface area contributed by atoms with Gasteiger partial charge >= 0.3 is 5.97 Å². The van der Waals surface area contributed by atoms with E-state index in [4.69, 9.17) is 4.74 Å². The molecule has 2 aliphatic heterocycles. The molecule has 3 heterocycles. The predicted octanol–water partition coefficient (Wildman–Crippen LogP) is 4.84. The quantitative estimate of drug-likeness (QED) is 0.221. The highest BCUT2D eigenvalue weighted by Gasteiger charge is 2.35. The normalized spacial score (nSPS) is 17.7. The number of carbonyl (C=O) groups is 3. The van der Waals surface area contributed by atoms with Crippen molar-refractivity contribution in [3.8, 4) is 0 Å². The van der Waals surface area contributed by atoms with Crippen molar-refractivity contribution in [3.05, 3.63) is 71.4 Å². The average molecular weight is 671 g/mol. The highest BCUT2D eigenvalue weighted by atomic mass is 32.2. The molecule has 10 nitrogen and oxygen atoms in total. The van der Waals surface area contributed by atoms with Crippen LogP contribution in [0.5, 0.6) is 0 Å². The van der Waals surface area contributed by atoms with E-state index >= 15 is 0 Å². The number of rotatable bonds is 11. The highest BCUT2D eigenvalue weighted by molar-refractivity contribution is 7.93. The molecule has 2 fully saturated rings. The largest absolute Gasteiger partial charge is 0.464 e. The number of benzene rings is 2. The lowest BCUT2D eigenvalue weighted by atomic mass is 9.84. The average Bonchev–Trinajstić information content (AvgIpc) is 3.42. The summed E-state index contributed by atoms with van der Waals surface area (Å²) in [6, 6.07) is 8.40. The van der Waals surface area contributed by atoms with Crippen molar-refractivity contribution in [2.45, 2.75) is 51.5 Å². The van der Waals surface area contributed by atoms with Gasteiger partial charge in [0.15, 0.2) is 0 Å². The number of sulfonamides is 1. The molecular weight excluding hydrogens is 630 g/mol. The summed E-state index contributed by atoms with van der Waals surface area (Å²) in [5.41, 5.74) is 2.67. The lowest BCUT2D eigenvalue weighted by molar-refractivity contribution is -0.144. The van der Waals surface area contributed by atoms with Gasteiger partial charge in [-0.3, -0.25) is 24.0 Å². The number of amides is 1. The SMILES string of the molecule is CC(=O)CS(=O)(=O)Nc1ccc2[nH]cc(C3CCN(C(COC(C)=O)C4CCN(C(=O)/C=C/c5cc(F)cc(F)c5)CC4)CC3)c2c1. The van der Waals surface area contributed by atoms with Gasteiger partial charge in [0.1, 0.15) is 29.8 Å². The van der Waals surface area contributed by atoms with Gasteiger partial charge in [-0.2, -0.15) is 0 Å². The summed E-state index contributed by atoms with van der Waals surface area (Å²) < 4.78 is 59.7. The Labute approximate surface area is 273 Å². The summed E-state index contributed by atoms with van der Waals surface area (Å²) in [7, 11) is -3.79. The Morgan fingerprint density at radius 2 is 1.68 bits per heavy atom. The molecule has 2 saturated heterocycles. The first kappa shape index (κ1) is 34.2. The standard InChI is InChI=1S/C34H40F2N4O6S/c1-22(41)21-47(44,45)38-29-4-5-32-30(18-29)31(19-37-32)25-7-11-39(12-8-25)33(20-46-23(2)42)26-9-13-40(14-10-26)34(43)6-3-24-15-27(35)17-28(36)16-24/h3-6,15-19,25-26,33,37-38H,7-14,20-21H2,1-2H3/b6-3+. The number of nitrogens with one attached hydrogen (secondary N) is 2. The van der Waals surface area contributed by atoms with Crippen molar-refractivity contribution in [3.63, 3.8) is 0 Å². The fourth-order valence-corrected chi connectivity index (χ4v) is 7.85. The van der Waals surface area contributed by atoms with E-state index in [1.165, 1.54) is 38.1 Å². The summed E-state index contributed by atoms with van der Waals surface area (Å²) in [6.07, 6.45) is 7.89. The van der Waals surface area contributed by atoms with Gasteiger partial charge in [0, 0.05) is 61.0 Å². The number of ketones is 1. The minimum atomic E-state index is -3.79. The molecule has 47 heavy (non-hydrogen) atoms. The van der Waals surface area contributed by atoms with Crippen molar-refractivity contribution in [2.75, 3.05) is 43.3 Å². The van der Waals surface area contributed by atoms with Gasteiger partial charge in [0.05, 0.1) is 0 Å². The maximum absolute atomic E-state index is 13.5. The van der Waals surface area contributed by atoms with Crippen LogP contribution in [0.3, 0.4) is 0 Å². The molecule has 0 aliphatic carbocycles. The number of aromatic nitrogens is 1. The number of anilines is 1. The number of piperidine rings is 2.